The summed E-state index contributed by atoms with van der Waals surface area (Å²) in [6.07, 6.45) is -3.21. The van der Waals surface area contributed by atoms with Gasteiger partial charge in [0.1, 0.15) is 6.10 Å². The zero-order valence-electron chi connectivity index (χ0n) is 9.16. The van der Waals surface area contributed by atoms with Gasteiger partial charge in [-0.15, -0.1) is 0 Å². The highest BCUT2D eigenvalue weighted by Gasteiger charge is 2.24. The van der Waals surface area contributed by atoms with Gasteiger partial charge in [0.25, 0.3) is 0 Å². The van der Waals surface area contributed by atoms with Crippen LogP contribution in [0.25, 0.3) is 0 Å². The molecule has 0 fully saturated rings. The van der Waals surface area contributed by atoms with Gasteiger partial charge in [0.15, 0.2) is 6.10 Å². The Labute approximate surface area is 93.6 Å². The van der Waals surface area contributed by atoms with Crippen LogP contribution in [-0.2, 0) is 4.79 Å². The van der Waals surface area contributed by atoms with Crippen molar-refractivity contribution in [1.82, 2.24) is 0 Å². The van der Waals surface area contributed by atoms with E-state index in [1.807, 2.05) is 19.0 Å². The maximum Gasteiger partial charge on any atom is 0.335 e. The van der Waals surface area contributed by atoms with Gasteiger partial charge >= 0.3 is 5.97 Å². The van der Waals surface area contributed by atoms with Crippen LogP contribution in [0.2, 0.25) is 0 Å². The van der Waals surface area contributed by atoms with Crippen LogP contribution in [0.15, 0.2) is 24.3 Å². The molecule has 2 atom stereocenters. The normalized spacial score (nSPS) is 14.2. The summed E-state index contributed by atoms with van der Waals surface area (Å²) in [6.45, 7) is 0. The zero-order chi connectivity index (χ0) is 12.3. The largest absolute Gasteiger partial charge is 0.479 e. The van der Waals surface area contributed by atoms with Crippen LogP contribution in [0.4, 0.5) is 5.69 Å². The molecular weight excluding hydrogens is 210 g/mol. The molecule has 0 saturated heterocycles. The van der Waals surface area contributed by atoms with E-state index >= 15 is 0 Å². The molecule has 16 heavy (non-hydrogen) atoms. The average molecular weight is 225 g/mol. The second-order valence-corrected chi connectivity index (χ2v) is 3.71. The predicted octanol–water partition coefficient (Wildman–Crippen LogP) is 0.231. The van der Waals surface area contributed by atoms with Crippen molar-refractivity contribution in [3.63, 3.8) is 0 Å². The maximum atomic E-state index is 10.5. The fourth-order valence-corrected chi connectivity index (χ4v) is 1.29. The summed E-state index contributed by atoms with van der Waals surface area (Å²) in [7, 11) is 3.75. The number of aliphatic carboxylic acids is 1. The van der Waals surface area contributed by atoms with Gasteiger partial charge in [-0.3, -0.25) is 0 Å². The molecule has 2 unspecified atom stereocenters. The number of benzene rings is 1. The Morgan fingerprint density at radius 3 is 2.06 bits per heavy atom. The van der Waals surface area contributed by atoms with Crippen molar-refractivity contribution in [2.24, 2.45) is 0 Å². The lowest BCUT2D eigenvalue weighted by Gasteiger charge is -2.16. The molecule has 1 aromatic carbocycles. The molecule has 0 radical (unpaired) electrons. The van der Waals surface area contributed by atoms with Crippen LogP contribution in [0, 0.1) is 0 Å². The number of nitrogens with zero attached hydrogens (tertiary/aromatic N) is 1. The van der Waals surface area contributed by atoms with Crippen molar-refractivity contribution < 1.29 is 20.1 Å². The van der Waals surface area contributed by atoms with Gasteiger partial charge in [0.05, 0.1) is 0 Å². The van der Waals surface area contributed by atoms with Gasteiger partial charge in [0.2, 0.25) is 0 Å². The highest BCUT2D eigenvalue weighted by atomic mass is 16.4. The Morgan fingerprint density at radius 1 is 1.19 bits per heavy atom. The van der Waals surface area contributed by atoms with Crippen LogP contribution in [0.5, 0.6) is 0 Å². The molecule has 5 heteroatoms. The van der Waals surface area contributed by atoms with E-state index in [4.69, 9.17) is 10.2 Å². The molecule has 0 aliphatic carbocycles. The minimum Gasteiger partial charge on any atom is -0.479 e. The molecule has 0 aliphatic rings. The number of rotatable bonds is 4. The van der Waals surface area contributed by atoms with Crippen LogP contribution >= 0.6 is 0 Å². The number of carboxylic acid groups (broad SMARTS) is 1. The lowest BCUT2D eigenvalue weighted by molar-refractivity contribution is -0.153. The number of carboxylic acids is 1. The number of carbonyl (C=O) groups is 1. The van der Waals surface area contributed by atoms with Crippen molar-refractivity contribution in [2.75, 3.05) is 19.0 Å². The van der Waals surface area contributed by atoms with E-state index in [1.165, 1.54) is 0 Å². The first-order valence-corrected chi connectivity index (χ1v) is 4.79. The van der Waals surface area contributed by atoms with E-state index in [0.29, 0.717) is 5.56 Å². The van der Waals surface area contributed by atoms with E-state index < -0.39 is 18.2 Å². The van der Waals surface area contributed by atoms with Gasteiger partial charge in [-0.2, -0.15) is 0 Å². The molecule has 0 bridgehead atoms. The lowest BCUT2D eigenvalue weighted by Crippen LogP contribution is -2.27. The fraction of sp³-hybridized carbons (Fsp3) is 0.364. The van der Waals surface area contributed by atoms with E-state index in [0.717, 1.165) is 5.69 Å². The monoisotopic (exact) mass is 225 g/mol. The second-order valence-electron chi connectivity index (χ2n) is 3.71. The Morgan fingerprint density at radius 2 is 1.69 bits per heavy atom. The molecule has 1 rings (SSSR count). The predicted molar refractivity (Wildman–Crippen MR) is 59.4 cm³/mol. The van der Waals surface area contributed by atoms with Crippen molar-refractivity contribution in [3.05, 3.63) is 29.8 Å². The zero-order valence-corrected chi connectivity index (χ0v) is 9.16. The van der Waals surface area contributed by atoms with Crippen molar-refractivity contribution in [2.45, 2.75) is 12.2 Å². The highest BCUT2D eigenvalue weighted by molar-refractivity contribution is 5.73. The number of aliphatic hydroxyl groups is 2. The molecule has 0 aliphatic heterocycles. The molecule has 0 aromatic heterocycles. The summed E-state index contributed by atoms with van der Waals surface area (Å²) in [5, 5.41) is 27.2. The van der Waals surface area contributed by atoms with E-state index in [2.05, 4.69) is 0 Å². The molecule has 88 valence electrons. The highest BCUT2D eigenvalue weighted by Crippen LogP contribution is 2.20. The molecule has 5 nitrogen and oxygen atoms in total. The van der Waals surface area contributed by atoms with Crippen LogP contribution in [0.3, 0.4) is 0 Å². The molecule has 0 amide bonds. The Bertz CT molecular complexity index is 361. The van der Waals surface area contributed by atoms with Crippen LogP contribution in [0.1, 0.15) is 11.7 Å². The van der Waals surface area contributed by atoms with Gasteiger partial charge in [0, 0.05) is 19.8 Å². The number of aliphatic hydroxyl groups excluding tert-OH is 2. The Balaban J connectivity index is 2.85. The number of hydrogen-bond acceptors (Lipinski definition) is 4. The fourth-order valence-electron chi connectivity index (χ4n) is 1.29. The first-order valence-electron chi connectivity index (χ1n) is 4.79. The van der Waals surface area contributed by atoms with E-state index in [1.54, 1.807) is 24.3 Å². The van der Waals surface area contributed by atoms with E-state index in [9.17, 15) is 9.90 Å². The first kappa shape index (κ1) is 12.5. The maximum absolute atomic E-state index is 10.5. The quantitative estimate of drug-likeness (QED) is 0.683. The molecule has 0 saturated carbocycles. The van der Waals surface area contributed by atoms with Gasteiger partial charge in [-0.1, -0.05) is 12.1 Å². The Hall–Kier alpha value is -1.59. The third kappa shape index (κ3) is 2.71. The third-order valence-electron chi connectivity index (χ3n) is 2.30. The van der Waals surface area contributed by atoms with Crippen LogP contribution in [-0.4, -0.2) is 41.5 Å². The van der Waals surface area contributed by atoms with Crippen molar-refractivity contribution in [3.8, 4) is 0 Å². The lowest BCUT2D eigenvalue weighted by atomic mass is 10.0. The number of anilines is 1. The second kappa shape index (κ2) is 4.96. The smallest absolute Gasteiger partial charge is 0.335 e. The molecule has 0 heterocycles. The van der Waals surface area contributed by atoms with Crippen LogP contribution < -0.4 is 4.90 Å². The molecule has 1 aromatic rings. The van der Waals surface area contributed by atoms with Crippen molar-refractivity contribution in [1.29, 1.82) is 0 Å². The first-order chi connectivity index (χ1) is 7.43. The van der Waals surface area contributed by atoms with Gasteiger partial charge in [-0.25, -0.2) is 4.79 Å². The summed E-state index contributed by atoms with van der Waals surface area (Å²) in [5.41, 5.74) is 1.31. The summed E-state index contributed by atoms with van der Waals surface area (Å²) in [5.74, 6) is -1.44. The SMILES string of the molecule is CN(C)c1ccc(C(O)C(O)C(=O)O)cc1. The summed E-state index contributed by atoms with van der Waals surface area (Å²) >= 11 is 0. The standard InChI is InChI=1S/C11H15NO4/c1-12(2)8-5-3-7(4-6-8)9(13)10(14)11(15)16/h3-6,9-10,13-14H,1-2H3,(H,15,16). The minimum absolute atomic E-state index is 0.375. The third-order valence-corrected chi connectivity index (χ3v) is 2.30. The summed E-state index contributed by atoms with van der Waals surface area (Å²) < 4.78 is 0. The van der Waals surface area contributed by atoms with Gasteiger partial charge < -0.3 is 20.2 Å². The molecule has 3 N–H and O–H groups in total. The average Bonchev–Trinajstić information content (AvgIpc) is 2.27. The molecule has 0 spiro atoms. The topological polar surface area (TPSA) is 81.0 Å². The van der Waals surface area contributed by atoms with Gasteiger partial charge in [-0.05, 0) is 17.7 Å². The summed E-state index contributed by atoms with van der Waals surface area (Å²) in [6, 6.07) is 6.67. The summed E-state index contributed by atoms with van der Waals surface area (Å²) in [4.78, 5) is 12.3. The van der Waals surface area contributed by atoms with Crippen molar-refractivity contribution >= 4 is 11.7 Å². The van der Waals surface area contributed by atoms with E-state index in [-0.39, 0.29) is 0 Å². The molecular formula is C11H15NO4. The Kier molecular flexibility index (Phi) is 3.87. The minimum atomic E-state index is -1.80. The number of hydrogen-bond donors (Lipinski definition) is 3.